The summed E-state index contributed by atoms with van der Waals surface area (Å²) in [5, 5.41) is 0.449. The molecule has 1 aromatic heterocycles. The lowest BCUT2D eigenvalue weighted by Gasteiger charge is -2.23. The summed E-state index contributed by atoms with van der Waals surface area (Å²) in [6, 6.07) is 11.4. The third-order valence-corrected chi connectivity index (χ3v) is 3.58. The smallest absolute Gasteiger partial charge is 0.261 e. The Morgan fingerprint density at radius 2 is 2.00 bits per heavy atom. The SMILES string of the molecule is CCCCN(C(=O)c1cnc(C)cc1Cl)c1ccccc1. The largest absolute Gasteiger partial charge is 0.308 e. The summed E-state index contributed by atoms with van der Waals surface area (Å²) in [7, 11) is 0. The number of hydrogen-bond acceptors (Lipinski definition) is 2. The highest BCUT2D eigenvalue weighted by molar-refractivity contribution is 6.34. The van der Waals surface area contributed by atoms with Crippen molar-refractivity contribution in [3.8, 4) is 0 Å². The van der Waals surface area contributed by atoms with Gasteiger partial charge in [0, 0.05) is 24.1 Å². The lowest BCUT2D eigenvalue weighted by molar-refractivity contribution is 0.0986. The number of carbonyl (C=O) groups excluding carboxylic acids is 1. The van der Waals surface area contributed by atoms with Crippen molar-refractivity contribution in [3.63, 3.8) is 0 Å². The van der Waals surface area contributed by atoms with Gasteiger partial charge < -0.3 is 4.90 Å². The highest BCUT2D eigenvalue weighted by Crippen LogP contribution is 2.22. The van der Waals surface area contributed by atoms with Gasteiger partial charge >= 0.3 is 0 Å². The molecule has 110 valence electrons. The summed E-state index contributed by atoms with van der Waals surface area (Å²) in [5.41, 5.74) is 2.13. The molecule has 1 amide bonds. The molecule has 0 spiro atoms. The monoisotopic (exact) mass is 302 g/mol. The molecule has 0 unspecified atom stereocenters. The van der Waals surface area contributed by atoms with Gasteiger partial charge in [0.2, 0.25) is 0 Å². The molecule has 0 saturated heterocycles. The Balaban J connectivity index is 2.34. The van der Waals surface area contributed by atoms with E-state index in [0.29, 0.717) is 17.1 Å². The van der Waals surface area contributed by atoms with Crippen LogP contribution in [0, 0.1) is 6.92 Å². The lowest BCUT2D eigenvalue weighted by Crippen LogP contribution is -2.32. The number of amides is 1. The molecule has 0 N–H and O–H groups in total. The maximum absolute atomic E-state index is 12.8. The van der Waals surface area contributed by atoms with Crippen LogP contribution in [0.3, 0.4) is 0 Å². The van der Waals surface area contributed by atoms with Crippen molar-refractivity contribution >= 4 is 23.2 Å². The number of anilines is 1. The van der Waals surface area contributed by atoms with E-state index in [2.05, 4.69) is 11.9 Å². The van der Waals surface area contributed by atoms with Crippen LogP contribution in [0.5, 0.6) is 0 Å². The molecule has 21 heavy (non-hydrogen) atoms. The summed E-state index contributed by atoms with van der Waals surface area (Å²) in [6.07, 6.45) is 3.52. The van der Waals surface area contributed by atoms with Crippen LogP contribution >= 0.6 is 11.6 Å². The molecule has 0 saturated carbocycles. The average molecular weight is 303 g/mol. The first-order valence-electron chi connectivity index (χ1n) is 7.12. The first kappa shape index (κ1) is 15.5. The Morgan fingerprint density at radius 1 is 1.29 bits per heavy atom. The number of pyridine rings is 1. The fraction of sp³-hybridized carbons (Fsp3) is 0.294. The Hall–Kier alpha value is -1.87. The molecule has 0 fully saturated rings. The molecule has 1 aromatic carbocycles. The molecule has 0 aliphatic carbocycles. The van der Waals surface area contributed by atoms with E-state index >= 15 is 0 Å². The third kappa shape index (κ3) is 3.82. The second kappa shape index (κ2) is 7.23. The number of halogens is 1. The number of nitrogens with zero attached hydrogens (tertiary/aromatic N) is 2. The zero-order chi connectivity index (χ0) is 15.2. The molecule has 3 nitrogen and oxygen atoms in total. The van der Waals surface area contributed by atoms with Crippen molar-refractivity contribution in [1.82, 2.24) is 4.98 Å². The van der Waals surface area contributed by atoms with Crippen molar-refractivity contribution in [2.45, 2.75) is 26.7 Å². The minimum absolute atomic E-state index is 0.104. The van der Waals surface area contributed by atoms with Crippen LogP contribution in [0.25, 0.3) is 0 Å². The molecule has 0 aliphatic rings. The van der Waals surface area contributed by atoms with E-state index in [-0.39, 0.29) is 5.91 Å². The predicted octanol–water partition coefficient (Wildman–Crippen LogP) is 4.49. The number of aromatic nitrogens is 1. The minimum Gasteiger partial charge on any atom is -0.308 e. The summed E-state index contributed by atoms with van der Waals surface area (Å²) < 4.78 is 0. The topological polar surface area (TPSA) is 33.2 Å². The molecule has 0 bridgehead atoms. The molecule has 4 heteroatoms. The van der Waals surface area contributed by atoms with E-state index in [1.54, 1.807) is 17.2 Å². The second-order valence-electron chi connectivity index (χ2n) is 4.95. The van der Waals surface area contributed by atoms with Crippen LogP contribution in [0.1, 0.15) is 35.8 Å². The van der Waals surface area contributed by atoms with Crippen LogP contribution in [0.4, 0.5) is 5.69 Å². The first-order chi connectivity index (χ1) is 10.1. The number of hydrogen-bond donors (Lipinski definition) is 0. The van der Waals surface area contributed by atoms with Gasteiger partial charge in [-0.05, 0) is 31.5 Å². The van der Waals surface area contributed by atoms with E-state index in [0.717, 1.165) is 24.2 Å². The van der Waals surface area contributed by atoms with E-state index in [4.69, 9.17) is 11.6 Å². The molecule has 2 rings (SSSR count). The highest BCUT2D eigenvalue weighted by Gasteiger charge is 2.20. The van der Waals surface area contributed by atoms with Crippen LogP contribution in [-0.2, 0) is 0 Å². The van der Waals surface area contributed by atoms with Crippen molar-refractivity contribution in [1.29, 1.82) is 0 Å². The van der Waals surface area contributed by atoms with Gasteiger partial charge in [-0.1, -0.05) is 43.1 Å². The van der Waals surface area contributed by atoms with Crippen LogP contribution in [-0.4, -0.2) is 17.4 Å². The van der Waals surface area contributed by atoms with Gasteiger partial charge in [0.1, 0.15) is 0 Å². The fourth-order valence-corrected chi connectivity index (χ4v) is 2.39. The lowest BCUT2D eigenvalue weighted by atomic mass is 10.2. The predicted molar refractivity (Wildman–Crippen MR) is 87.0 cm³/mol. The van der Waals surface area contributed by atoms with Crippen molar-refractivity contribution in [3.05, 3.63) is 58.9 Å². The normalized spacial score (nSPS) is 10.4. The fourth-order valence-electron chi connectivity index (χ4n) is 2.10. The van der Waals surface area contributed by atoms with Gasteiger partial charge in [-0.3, -0.25) is 9.78 Å². The number of unbranched alkanes of at least 4 members (excludes halogenated alkanes) is 1. The zero-order valence-electron chi connectivity index (χ0n) is 12.3. The highest BCUT2D eigenvalue weighted by atomic mass is 35.5. The Bertz CT molecular complexity index is 613. The van der Waals surface area contributed by atoms with Gasteiger partial charge in [-0.15, -0.1) is 0 Å². The summed E-state index contributed by atoms with van der Waals surface area (Å²) in [5.74, 6) is -0.104. The molecule has 0 aliphatic heterocycles. The molecule has 2 aromatic rings. The average Bonchev–Trinajstić information content (AvgIpc) is 2.48. The van der Waals surface area contributed by atoms with Gasteiger partial charge in [0.05, 0.1) is 10.6 Å². The Morgan fingerprint density at radius 3 is 2.62 bits per heavy atom. The summed E-state index contributed by atoms with van der Waals surface area (Å²) >= 11 is 6.20. The third-order valence-electron chi connectivity index (χ3n) is 3.27. The van der Waals surface area contributed by atoms with Gasteiger partial charge in [-0.25, -0.2) is 0 Å². The van der Waals surface area contributed by atoms with Crippen LogP contribution < -0.4 is 4.90 Å². The Kier molecular flexibility index (Phi) is 5.34. The van der Waals surface area contributed by atoms with Crippen molar-refractivity contribution in [2.24, 2.45) is 0 Å². The maximum Gasteiger partial charge on any atom is 0.261 e. The van der Waals surface area contributed by atoms with E-state index in [9.17, 15) is 4.79 Å². The first-order valence-corrected chi connectivity index (χ1v) is 7.50. The number of carbonyl (C=O) groups is 1. The molecule has 0 radical (unpaired) electrons. The summed E-state index contributed by atoms with van der Waals surface area (Å²) in [6.45, 7) is 4.63. The van der Waals surface area contributed by atoms with Gasteiger partial charge in [-0.2, -0.15) is 0 Å². The zero-order valence-corrected chi connectivity index (χ0v) is 13.1. The van der Waals surface area contributed by atoms with Crippen LogP contribution in [0.2, 0.25) is 5.02 Å². The number of rotatable bonds is 5. The van der Waals surface area contributed by atoms with Crippen molar-refractivity contribution < 1.29 is 4.79 Å². The van der Waals surface area contributed by atoms with E-state index in [1.165, 1.54) is 0 Å². The quantitative estimate of drug-likeness (QED) is 0.815. The maximum atomic E-state index is 12.8. The van der Waals surface area contributed by atoms with Gasteiger partial charge in [0.25, 0.3) is 5.91 Å². The number of aryl methyl sites for hydroxylation is 1. The molecule has 0 atom stereocenters. The Labute approximate surface area is 130 Å². The van der Waals surface area contributed by atoms with E-state index < -0.39 is 0 Å². The molecule has 1 heterocycles. The summed E-state index contributed by atoms with van der Waals surface area (Å²) in [4.78, 5) is 18.7. The second-order valence-corrected chi connectivity index (χ2v) is 5.36. The van der Waals surface area contributed by atoms with Crippen molar-refractivity contribution in [2.75, 3.05) is 11.4 Å². The van der Waals surface area contributed by atoms with Gasteiger partial charge in [0.15, 0.2) is 0 Å². The van der Waals surface area contributed by atoms with Crippen LogP contribution in [0.15, 0.2) is 42.6 Å². The standard InChI is InChI=1S/C17H19ClN2O/c1-3-4-10-20(14-8-6-5-7-9-14)17(21)15-12-19-13(2)11-16(15)18/h5-9,11-12H,3-4,10H2,1-2H3. The number of benzene rings is 1. The molecular weight excluding hydrogens is 284 g/mol. The minimum atomic E-state index is -0.104. The molecular formula is C17H19ClN2O. The van der Waals surface area contributed by atoms with E-state index in [1.807, 2.05) is 37.3 Å². The number of para-hydroxylation sites is 1.